The van der Waals surface area contributed by atoms with Crippen LogP contribution in [0.2, 0.25) is 0 Å². The summed E-state index contributed by atoms with van der Waals surface area (Å²) in [6, 6.07) is 0.833. The van der Waals surface area contributed by atoms with E-state index in [0.717, 1.165) is 6.07 Å². The molecule has 32 heavy (non-hydrogen) atoms. The maximum Gasteiger partial charge on any atom is 0.418 e. The minimum atomic E-state index is -4.84. The molecule has 0 unspecified atom stereocenters. The summed E-state index contributed by atoms with van der Waals surface area (Å²) < 4.78 is 67.8. The number of hydrogen-bond acceptors (Lipinski definition) is 9. The number of aliphatic hydroxyl groups excluding tert-OH is 1. The summed E-state index contributed by atoms with van der Waals surface area (Å²) in [6.07, 6.45) is -4.84. The van der Waals surface area contributed by atoms with Crippen molar-refractivity contribution < 1.29 is 32.1 Å². The number of ether oxygens (including phenoxy) is 2. The van der Waals surface area contributed by atoms with Gasteiger partial charge in [-0.1, -0.05) is 0 Å². The Morgan fingerprint density at radius 3 is 2.62 bits per heavy atom. The van der Waals surface area contributed by atoms with Gasteiger partial charge in [-0.25, -0.2) is 14.4 Å². The first-order valence-electron chi connectivity index (χ1n) is 9.44. The molecule has 0 atom stereocenters. The molecule has 13 heteroatoms. The smallest absolute Gasteiger partial charge is 0.418 e. The third-order valence-electron chi connectivity index (χ3n) is 4.91. The molecule has 0 radical (unpaired) electrons. The molecule has 3 aromatic heterocycles. The zero-order chi connectivity index (χ0) is 23.2. The average molecular weight is 454 g/mol. The highest BCUT2D eigenvalue weighted by molar-refractivity contribution is 5.97. The van der Waals surface area contributed by atoms with Gasteiger partial charge in [-0.05, 0) is 18.6 Å². The molecule has 0 spiro atoms. The highest BCUT2D eigenvalue weighted by Crippen LogP contribution is 2.43. The molecule has 0 bridgehead atoms. The molecule has 1 aliphatic heterocycles. The summed E-state index contributed by atoms with van der Waals surface area (Å²) in [5.74, 6) is -1.37. The van der Waals surface area contributed by atoms with E-state index >= 15 is 4.39 Å². The molecule has 4 heterocycles. The molecule has 0 saturated heterocycles. The summed E-state index contributed by atoms with van der Waals surface area (Å²) >= 11 is 0. The zero-order valence-electron chi connectivity index (χ0n) is 17.0. The topological polar surface area (TPSA) is 120 Å². The van der Waals surface area contributed by atoms with E-state index in [1.807, 2.05) is 0 Å². The molecule has 0 aliphatic carbocycles. The van der Waals surface area contributed by atoms with Crippen molar-refractivity contribution in [3.05, 3.63) is 23.0 Å². The predicted molar refractivity (Wildman–Crippen MR) is 106 cm³/mol. The standard InChI is InChI=1S/C19H18F4N6O3/c1-8-7-9(24)25-14(11(8)19(21,22)23)15-12(20)13-10-16(28-18(27-13)31-2)29(3-5-30)4-6-32-17(10)26-15/h7,30H,3-6H2,1-2H3,(H2,24,25). The van der Waals surface area contributed by atoms with Crippen molar-refractivity contribution in [3.63, 3.8) is 0 Å². The van der Waals surface area contributed by atoms with Crippen molar-refractivity contribution in [2.45, 2.75) is 13.1 Å². The summed E-state index contributed by atoms with van der Waals surface area (Å²) in [4.78, 5) is 17.6. The van der Waals surface area contributed by atoms with Gasteiger partial charge >= 0.3 is 12.2 Å². The fourth-order valence-corrected chi connectivity index (χ4v) is 3.61. The molecule has 0 aromatic carbocycles. The molecule has 3 aromatic rings. The highest BCUT2D eigenvalue weighted by Gasteiger charge is 2.39. The summed E-state index contributed by atoms with van der Waals surface area (Å²) in [5, 5.41) is 9.42. The van der Waals surface area contributed by atoms with Gasteiger partial charge in [-0.15, -0.1) is 0 Å². The summed E-state index contributed by atoms with van der Waals surface area (Å²) in [6.45, 7) is 1.44. The average Bonchev–Trinajstić information content (AvgIpc) is 2.88. The lowest BCUT2D eigenvalue weighted by molar-refractivity contribution is -0.137. The number of halogens is 4. The lowest BCUT2D eigenvalue weighted by Gasteiger charge is -2.21. The van der Waals surface area contributed by atoms with Crippen LogP contribution in [0.15, 0.2) is 6.07 Å². The van der Waals surface area contributed by atoms with Gasteiger partial charge in [0.2, 0.25) is 5.88 Å². The Hall–Kier alpha value is -3.48. The number of nitrogens with two attached hydrogens (primary N) is 1. The van der Waals surface area contributed by atoms with Crippen LogP contribution in [0.5, 0.6) is 11.9 Å². The lowest BCUT2D eigenvalue weighted by Crippen LogP contribution is -2.30. The van der Waals surface area contributed by atoms with Crippen molar-refractivity contribution in [1.29, 1.82) is 0 Å². The van der Waals surface area contributed by atoms with Crippen LogP contribution in [-0.2, 0) is 6.18 Å². The fourth-order valence-electron chi connectivity index (χ4n) is 3.61. The Bertz CT molecular complexity index is 1200. The van der Waals surface area contributed by atoms with E-state index in [4.69, 9.17) is 15.2 Å². The van der Waals surface area contributed by atoms with Crippen LogP contribution in [0.3, 0.4) is 0 Å². The number of hydrogen-bond donors (Lipinski definition) is 2. The summed E-state index contributed by atoms with van der Waals surface area (Å²) in [7, 11) is 1.27. The van der Waals surface area contributed by atoms with Crippen LogP contribution in [0.25, 0.3) is 22.3 Å². The summed E-state index contributed by atoms with van der Waals surface area (Å²) in [5.41, 5.74) is 2.43. The number of aliphatic hydroxyl groups is 1. The Kier molecular flexibility index (Phi) is 5.36. The van der Waals surface area contributed by atoms with Gasteiger partial charge in [0.1, 0.15) is 40.5 Å². The van der Waals surface area contributed by atoms with Crippen molar-refractivity contribution in [2.75, 3.05) is 44.0 Å². The van der Waals surface area contributed by atoms with E-state index in [2.05, 4.69) is 19.9 Å². The molecule has 0 fully saturated rings. The molecule has 1 aliphatic rings. The first-order valence-corrected chi connectivity index (χ1v) is 9.44. The Labute approximate surface area is 178 Å². The zero-order valence-corrected chi connectivity index (χ0v) is 17.0. The van der Waals surface area contributed by atoms with Crippen molar-refractivity contribution in [1.82, 2.24) is 19.9 Å². The number of pyridine rings is 2. The first kappa shape index (κ1) is 21.7. The van der Waals surface area contributed by atoms with Gasteiger partial charge < -0.3 is 25.2 Å². The van der Waals surface area contributed by atoms with E-state index in [0.29, 0.717) is 0 Å². The Morgan fingerprint density at radius 1 is 1.22 bits per heavy atom. The highest BCUT2D eigenvalue weighted by atomic mass is 19.4. The van der Waals surface area contributed by atoms with Crippen LogP contribution in [0.1, 0.15) is 11.1 Å². The van der Waals surface area contributed by atoms with E-state index in [1.54, 1.807) is 4.90 Å². The second kappa shape index (κ2) is 7.89. The van der Waals surface area contributed by atoms with Crippen LogP contribution < -0.4 is 20.1 Å². The fraction of sp³-hybridized carbons (Fsp3) is 0.368. The van der Waals surface area contributed by atoms with Crippen LogP contribution in [0.4, 0.5) is 29.2 Å². The number of anilines is 2. The number of rotatable bonds is 4. The molecule has 4 rings (SSSR count). The van der Waals surface area contributed by atoms with Gasteiger partial charge in [-0.2, -0.15) is 23.1 Å². The van der Waals surface area contributed by atoms with Crippen molar-refractivity contribution in [2.24, 2.45) is 0 Å². The normalized spacial score (nSPS) is 13.8. The molecular weight excluding hydrogens is 436 g/mol. The monoisotopic (exact) mass is 454 g/mol. The van der Waals surface area contributed by atoms with Gasteiger partial charge in [0.15, 0.2) is 5.82 Å². The molecule has 0 amide bonds. The minimum absolute atomic E-state index is 0.0483. The van der Waals surface area contributed by atoms with Crippen LogP contribution in [-0.4, -0.2) is 58.5 Å². The SMILES string of the molecule is COc1nc2c3c(nc(-c4nc(N)cc(C)c4C(F)(F)F)c(F)c3n1)OCCN2CCO. The molecule has 9 nitrogen and oxygen atoms in total. The third-order valence-corrected chi connectivity index (χ3v) is 4.91. The van der Waals surface area contributed by atoms with E-state index < -0.39 is 28.9 Å². The largest absolute Gasteiger partial charge is 0.475 e. The van der Waals surface area contributed by atoms with Gasteiger partial charge in [0.05, 0.1) is 25.8 Å². The second-order valence-corrected chi connectivity index (χ2v) is 6.98. The predicted octanol–water partition coefficient (Wildman–Crippen LogP) is 2.34. The van der Waals surface area contributed by atoms with E-state index in [9.17, 15) is 18.3 Å². The van der Waals surface area contributed by atoms with E-state index in [-0.39, 0.29) is 66.3 Å². The Balaban J connectivity index is 2.09. The van der Waals surface area contributed by atoms with Crippen LogP contribution >= 0.6 is 0 Å². The number of nitrogens with zero attached hydrogens (tertiary/aromatic N) is 5. The number of β-amino-alcohol motifs (C(OH)–C–C–N with tert-alkyl or cyclic N) is 1. The van der Waals surface area contributed by atoms with E-state index in [1.165, 1.54) is 14.0 Å². The third kappa shape index (κ3) is 3.57. The van der Waals surface area contributed by atoms with Crippen molar-refractivity contribution in [3.8, 4) is 23.3 Å². The number of nitrogen functional groups attached to an aromatic ring is 1. The Morgan fingerprint density at radius 2 is 1.97 bits per heavy atom. The van der Waals surface area contributed by atoms with Gasteiger partial charge in [0, 0.05) is 6.54 Å². The molecule has 3 N–H and O–H groups in total. The maximum absolute atomic E-state index is 15.7. The maximum atomic E-state index is 15.7. The number of methoxy groups -OCH3 is 1. The van der Waals surface area contributed by atoms with Crippen LogP contribution in [0, 0.1) is 12.7 Å². The second-order valence-electron chi connectivity index (χ2n) is 6.98. The minimum Gasteiger partial charge on any atom is -0.475 e. The quantitative estimate of drug-likeness (QED) is 0.573. The van der Waals surface area contributed by atoms with Gasteiger partial charge in [-0.3, -0.25) is 0 Å². The number of aromatic nitrogens is 4. The number of aryl methyl sites for hydroxylation is 1. The van der Waals surface area contributed by atoms with Crippen molar-refractivity contribution >= 4 is 22.5 Å². The molecule has 170 valence electrons. The van der Waals surface area contributed by atoms with Gasteiger partial charge in [0.25, 0.3) is 0 Å². The molecular formula is C19H18F4N6O3. The first-order chi connectivity index (χ1) is 15.2. The molecule has 0 saturated carbocycles. The number of alkyl halides is 3. The lowest BCUT2D eigenvalue weighted by atomic mass is 10.0.